The Labute approximate surface area is 149 Å². The molecule has 136 valence electrons. The Bertz CT molecular complexity index is 620. The van der Waals surface area contributed by atoms with Crippen LogP contribution in [0.2, 0.25) is 0 Å². The largest absolute Gasteiger partial charge is 0.453 e. The molecule has 0 aromatic heterocycles. The standard InChI is InChI=1S/C19H27N3O3/c1-25-19(24)22-11-5-4-8-17(22)18(23)20-10-13-21-12-9-15-6-2-3-7-16(15)14-21/h2-3,6-7,17H,4-5,8-14H2,1H3,(H,20,23)/t17-/m1/s1. The Balaban J connectivity index is 1.47. The summed E-state index contributed by atoms with van der Waals surface area (Å²) in [6, 6.07) is 8.14. The summed E-state index contributed by atoms with van der Waals surface area (Å²) < 4.78 is 4.80. The van der Waals surface area contributed by atoms with E-state index in [1.165, 1.54) is 18.2 Å². The molecule has 1 fully saturated rings. The second-order valence-corrected chi connectivity index (χ2v) is 6.76. The van der Waals surface area contributed by atoms with Crippen molar-refractivity contribution in [2.24, 2.45) is 0 Å². The summed E-state index contributed by atoms with van der Waals surface area (Å²) >= 11 is 0. The summed E-state index contributed by atoms with van der Waals surface area (Å²) in [4.78, 5) is 28.2. The fraction of sp³-hybridized carbons (Fsp3) is 0.579. The zero-order valence-corrected chi connectivity index (χ0v) is 14.9. The lowest BCUT2D eigenvalue weighted by Gasteiger charge is -2.34. The van der Waals surface area contributed by atoms with Crippen LogP contribution >= 0.6 is 0 Å². The van der Waals surface area contributed by atoms with Crippen LogP contribution in [0.15, 0.2) is 24.3 Å². The van der Waals surface area contributed by atoms with Gasteiger partial charge in [0.15, 0.2) is 0 Å². The van der Waals surface area contributed by atoms with Gasteiger partial charge in [0.25, 0.3) is 0 Å². The van der Waals surface area contributed by atoms with Gasteiger partial charge in [0, 0.05) is 32.7 Å². The van der Waals surface area contributed by atoms with E-state index < -0.39 is 12.1 Å². The van der Waals surface area contributed by atoms with E-state index in [-0.39, 0.29) is 5.91 Å². The Morgan fingerprint density at radius 3 is 2.80 bits per heavy atom. The van der Waals surface area contributed by atoms with Crippen LogP contribution in [0.5, 0.6) is 0 Å². The molecule has 3 rings (SSSR count). The van der Waals surface area contributed by atoms with E-state index in [0.717, 1.165) is 38.9 Å². The van der Waals surface area contributed by atoms with Crippen LogP contribution in [0.3, 0.4) is 0 Å². The van der Waals surface area contributed by atoms with Gasteiger partial charge in [-0.3, -0.25) is 14.6 Å². The van der Waals surface area contributed by atoms with Crippen molar-refractivity contribution in [3.05, 3.63) is 35.4 Å². The molecule has 2 aliphatic heterocycles. The van der Waals surface area contributed by atoms with Crippen molar-refractivity contribution in [2.75, 3.05) is 33.3 Å². The van der Waals surface area contributed by atoms with Gasteiger partial charge >= 0.3 is 6.09 Å². The van der Waals surface area contributed by atoms with Gasteiger partial charge in [0.05, 0.1) is 7.11 Å². The molecule has 0 radical (unpaired) electrons. The second kappa shape index (κ2) is 8.34. The first-order chi connectivity index (χ1) is 12.2. The van der Waals surface area contributed by atoms with E-state index >= 15 is 0 Å². The minimum absolute atomic E-state index is 0.0671. The van der Waals surface area contributed by atoms with Crippen LogP contribution in [-0.2, 0) is 22.5 Å². The quantitative estimate of drug-likeness (QED) is 0.904. The number of amides is 2. The first-order valence-corrected chi connectivity index (χ1v) is 9.10. The molecule has 1 saturated heterocycles. The van der Waals surface area contributed by atoms with E-state index in [0.29, 0.717) is 19.5 Å². The molecule has 0 saturated carbocycles. The third kappa shape index (κ3) is 4.31. The van der Waals surface area contributed by atoms with E-state index in [1.807, 2.05) is 0 Å². The third-order valence-corrected chi connectivity index (χ3v) is 5.15. The van der Waals surface area contributed by atoms with Gasteiger partial charge in [-0.05, 0) is 36.8 Å². The Kier molecular flexibility index (Phi) is 5.91. The maximum atomic E-state index is 12.5. The van der Waals surface area contributed by atoms with Crippen LogP contribution < -0.4 is 5.32 Å². The number of benzene rings is 1. The summed E-state index contributed by atoms with van der Waals surface area (Å²) in [5.41, 5.74) is 2.81. The van der Waals surface area contributed by atoms with Crippen molar-refractivity contribution in [1.29, 1.82) is 0 Å². The molecule has 1 aromatic rings. The highest BCUT2D eigenvalue weighted by molar-refractivity contribution is 5.85. The smallest absolute Gasteiger partial charge is 0.410 e. The molecule has 2 amide bonds. The fourth-order valence-electron chi connectivity index (χ4n) is 3.74. The number of carbonyl (C=O) groups is 2. The molecule has 0 bridgehead atoms. The predicted molar refractivity (Wildman–Crippen MR) is 95.2 cm³/mol. The molecule has 1 aromatic carbocycles. The maximum absolute atomic E-state index is 12.5. The molecule has 0 spiro atoms. The number of ether oxygens (including phenoxy) is 1. The molecule has 0 unspecified atom stereocenters. The average Bonchev–Trinajstić information content (AvgIpc) is 2.67. The fourth-order valence-corrected chi connectivity index (χ4v) is 3.74. The molecule has 1 atom stereocenters. The number of fused-ring (bicyclic) bond motifs is 1. The third-order valence-electron chi connectivity index (χ3n) is 5.15. The molecule has 6 nitrogen and oxygen atoms in total. The van der Waals surface area contributed by atoms with Crippen LogP contribution in [-0.4, -0.2) is 61.1 Å². The number of piperidine rings is 1. The topological polar surface area (TPSA) is 61.9 Å². The number of nitrogens with zero attached hydrogens (tertiary/aromatic N) is 2. The highest BCUT2D eigenvalue weighted by Crippen LogP contribution is 2.19. The normalized spacial score (nSPS) is 20.7. The Morgan fingerprint density at radius 1 is 1.20 bits per heavy atom. The zero-order chi connectivity index (χ0) is 17.6. The summed E-state index contributed by atoms with van der Waals surface area (Å²) in [5.74, 6) is -0.0671. The van der Waals surface area contributed by atoms with Gasteiger partial charge in [0.2, 0.25) is 5.91 Å². The lowest BCUT2D eigenvalue weighted by molar-refractivity contribution is -0.127. The summed E-state index contributed by atoms with van der Waals surface area (Å²) in [7, 11) is 1.36. The lowest BCUT2D eigenvalue weighted by Crippen LogP contribution is -2.52. The van der Waals surface area contributed by atoms with E-state index in [4.69, 9.17) is 4.74 Å². The number of rotatable bonds is 4. The van der Waals surface area contributed by atoms with Gasteiger partial charge in [-0.25, -0.2) is 4.79 Å². The van der Waals surface area contributed by atoms with Crippen LogP contribution in [0.4, 0.5) is 4.79 Å². The molecule has 1 N–H and O–H groups in total. The number of hydrogen-bond acceptors (Lipinski definition) is 4. The molecule has 25 heavy (non-hydrogen) atoms. The van der Waals surface area contributed by atoms with Crippen molar-refractivity contribution < 1.29 is 14.3 Å². The highest BCUT2D eigenvalue weighted by atomic mass is 16.5. The van der Waals surface area contributed by atoms with Crippen molar-refractivity contribution in [1.82, 2.24) is 15.1 Å². The Hall–Kier alpha value is -2.08. The van der Waals surface area contributed by atoms with E-state index in [1.54, 1.807) is 4.90 Å². The van der Waals surface area contributed by atoms with E-state index in [9.17, 15) is 9.59 Å². The van der Waals surface area contributed by atoms with Gasteiger partial charge in [-0.1, -0.05) is 24.3 Å². The highest BCUT2D eigenvalue weighted by Gasteiger charge is 2.32. The van der Waals surface area contributed by atoms with Crippen molar-refractivity contribution in [2.45, 2.75) is 38.3 Å². The number of carbonyl (C=O) groups excluding carboxylic acids is 2. The monoisotopic (exact) mass is 345 g/mol. The number of methoxy groups -OCH3 is 1. The number of hydrogen-bond donors (Lipinski definition) is 1. The first-order valence-electron chi connectivity index (χ1n) is 9.10. The van der Waals surface area contributed by atoms with E-state index in [2.05, 4.69) is 34.5 Å². The maximum Gasteiger partial charge on any atom is 0.410 e. The molecule has 6 heteroatoms. The minimum Gasteiger partial charge on any atom is -0.453 e. The second-order valence-electron chi connectivity index (χ2n) is 6.76. The molecule has 0 aliphatic carbocycles. The van der Waals surface area contributed by atoms with Crippen molar-refractivity contribution >= 4 is 12.0 Å². The molecular weight excluding hydrogens is 318 g/mol. The summed E-state index contributed by atoms with van der Waals surface area (Å²) in [6.45, 7) is 3.97. The van der Waals surface area contributed by atoms with Crippen LogP contribution in [0.25, 0.3) is 0 Å². The SMILES string of the molecule is COC(=O)N1CCCC[C@@H]1C(=O)NCCN1CCc2ccccc2C1. The minimum atomic E-state index is -0.410. The van der Waals surface area contributed by atoms with Crippen LogP contribution in [0, 0.1) is 0 Å². The van der Waals surface area contributed by atoms with Gasteiger partial charge < -0.3 is 10.1 Å². The summed E-state index contributed by atoms with van der Waals surface area (Å²) in [5, 5.41) is 3.00. The van der Waals surface area contributed by atoms with Crippen molar-refractivity contribution in [3.63, 3.8) is 0 Å². The summed E-state index contributed by atoms with van der Waals surface area (Å²) in [6.07, 6.45) is 3.24. The van der Waals surface area contributed by atoms with Gasteiger partial charge in [0.1, 0.15) is 6.04 Å². The lowest BCUT2D eigenvalue weighted by atomic mass is 10.00. The van der Waals surface area contributed by atoms with Crippen LogP contribution in [0.1, 0.15) is 30.4 Å². The van der Waals surface area contributed by atoms with Gasteiger partial charge in [-0.2, -0.15) is 0 Å². The van der Waals surface area contributed by atoms with Crippen molar-refractivity contribution in [3.8, 4) is 0 Å². The molecule has 2 aliphatic rings. The molecular formula is C19H27N3O3. The Morgan fingerprint density at radius 2 is 2.00 bits per heavy atom. The molecule has 2 heterocycles. The predicted octanol–water partition coefficient (Wildman–Crippen LogP) is 1.78. The first kappa shape index (κ1) is 17.7. The average molecular weight is 345 g/mol. The van der Waals surface area contributed by atoms with Gasteiger partial charge in [-0.15, -0.1) is 0 Å². The zero-order valence-electron chi connectivity index (χ0n) is 14.9. The number of likely N-dealkylation sites (tertiary alicyclic amines) is 1. The number of nitrogens with one attached hydrogen (secondary N) is 1.